The maximum Gasteiger partial charge on any atom is 0.317 e. The maximum absolute atomic E-state index is 12.4. The van der Waals surface area contributed by atoms with E-state index in [1.54, 1.807) is 18.2 Å². The molecule has 1 saturated carbocycles. The molecule has 0 atom stereocenters. The SMILES string of the molecule is COc1ccc(Br)cc1C(=O)C1(C(=O)O)CCC1. The van der Waals surface area contributed by atoms with Gasteiger partial charge in [-0.3, -0.25) is 9.59 Å². The lowest BCUT2D eigenvalue weighted by atomic mass is 9.64. The molecular formula is C13H13BrO4. The van der Waals surface area contributed by atoms with Crippen LogP contribution in [0, 0.1) is 5.41 Å². The van der Waals surface area contributed by atoms with E-state index in [2.05, 4.69) is 15.9 Å². The largest absolute Gasteiger partial charge is 0.496 e. The van der Waals surface area contributed by atoms with Crippen LogP contribution in [0.5, 0.6) is 5.75 Å². The molecule has 1 fully saturated rings. The average Bonchev–Trinajstić information content (AvgIpc) is 2.26. The van der Waals surface area contributed by atoms with Crippen molar-refractivity contribution in [2.75, 3.05) is 7.11 Å². The molecule has 18 heavy (non-hydrogen) atoms. The Balaban J connectivity index is 2.45. The van der Waals surface area contributed by atoms with E-state index in [9.17, 15) is 14.7 Å². The highest BCUT2D eigenvalue weighted by Crippen LogP contribution is 2.45. The van der Waals surface area contributed by atoms with Gasteiger partial charge in [-0.05, 0) is 31.0 Å². The molecule has 0 unspecified atom stereocenters. The Labute approximate surface area is 113 Å². The van der Waals surface area contributed by atoms with Crippen LogP contribution in [0.15, 0.2) is 22.7 Å². The van der Waals surface area contributed by atoms with Gasteiger partial charge in [0, 0.05) is 4.47 Å². The van der Waals surface area contributed by atoms with Gasteiger partial charge in [0.15, 0.2) is 5.78 Å². The number of ether oxygens (including phenoxy) is 1. The Kier molecular flexibility index (Phi) is 3.43. The van der Waals surface area contributed by atoms with Gasteiger partial charge in [-0.2, -0.15) is 0 Å². The zero-order valence-electron chi connectivity index (χ0n) is 9.90. The average molecular weight is 313 g/mol. The highest BCUT2D eigenvalue weighted by Gasteiger charge is 2.51. The van der Waals surface area contributed by atoms with Crippen LogP contribution in [0.1, 0.15) is 29.6 Å². The minimum absolute atomic E-state index is 0.328. The molecule has 2 rings (SSSR count). The molecule has 0 radical (unpaired) electrons. The van der Waals surface area contributed by atoms with E-state index < -0.39 is 11.4 Å². The minimum atomic E-state index is -1.26. The van der Waals surface area contributed by atoms with E-state index in [-0.39, 0.29) is 5.78 Å². The van der Waals surface area contributed by atoms with E-state index in [4.69, 9.17) is 4.74 Å². The maximum atomic E-state index is 12.4. The molecule has 0 saturated heterocycles. The van der Waals surface area contributed by atoms with Crippen LogP contribution in [0.3, 0.4) is 0 Å². The summed E-state index contributed by atoms with van der Waals surface area (Å²) in [7, 11) is 1.47. The van der Waals surface area contributed by atoms with Gasteiger partial charge in [0.05, 0.1) is 12.7 Å². The Hall–Kier alpha value is -1.36. The van der Waals surface area contributed by atoms with E-state index in [0.29, 0.717) is 24.2 Å². The van der Waals surface area contributed by atoms with Crippen LogP contribution in [0.25, 0.3) is 0 Å². The van der Waals surface area contributed by atoms with Gasteiger partial charge in [-0.15, -0.1) is 0 Å². The quantitative estimate of drug-likeness (QED) is 0.686. The van der Waals surface area contributed by atoms with E-state index in [0.717, 1.165) is 10.9 Å². The molecule has 96 valence electrons. The summed E-state index contributed by atoms with van der Waals surface area (Å²) in [6.45, 7) is 0. The van der Waals surface area contributed by atoms with Crippen molar-refractivity contribution in [1.82, 2.24) is 0 Å². The van der Waals surface area contributed by atoms with Crippen LogP contribution in [0.4, 0.5) is 0 Å². The number of rotatable bonds is 4. The third-order valence-corrected chi connectivity index (χ3v) is 3.95. The highest BCUT2D eigenvalue weighted by molar-refractivity contribution is 9.10. The number of carboxylic acids is 1. The molecule has 0 amide bonds. The number of Topliss-reactive ketones (excluding diaryl/α,β-unsaturated/α-hetero) is 1. The van der Waals surface area contributed by atoms with E-state index >= 15 is 0 Å². The summed E-state index contributed by atoms with van der Waals surface area (Å²) >= 11 is 3.28. The van der Waals surface area contributed by atoms with Gasteiger partial charge < -0.3 is 9.84 Å². The lowest BCUT2D eigenvalue weighted by Gasteiger charge is -2.36. The molecule has 0 aromatic heterocycles. The second-order valence-corrected chi connectivity index (χ2v) is 5.33. The zero-order chi connectivity index (χ0) is 13.3. The minimum Gasteiger partial charge on any atom is -0.496 e. The Morgan fingerprint density at radius 3 is 2.50 bits per heavy atom. The Bertz CT molecular complexity index is 506. The summed E-state index contributed by atoms with van der Waals surface area (Å²) in [5, 5.41) is 9.28. The number of aliphatic carboxylic acids is 1. The van der Waals surface area contributed by atoms with Crippen LogP contribution < -0.4 is 4.74 Å². The number of carboxylic acid groups (broad SMARTS) is 1. The fourth-order valence-electron chi connectivity index (χ4n) is 2.18. The number of halogens is 1. The molecule has 1 aromatic carbocycles. The third kappa shape index (κ3) is 1.92. The van der Waals surface area contributed by atoms with Gasteiger partial charge in [-0.1, -0.05) is 22.4 Å². The smallest absolute Gasteiger partial charge is 0.317 e. The molecule has 5 heteroatoms. The number of carbonyl (C=O) groups excluding carboxylic acids is 1. The van der Waals surface area contributed by atoms with E-state index in [1.807, 2.05) is 0 Å². The number of ketones is 1. The molecule has 1 N–H and O–H groups in total. The topological polar surface area (TPSA) is 63.6 Å². The van der Waals surface area contributed by atoms with Crippen LogP contribution in [0.2, 0.25) is 0 Å². The monoisotopic (exact) mass is 312 g/mol. The Morgan fingerprint density at radius 1 is 1.39 bits per heavy atom. The molecule has 1 aromatic rings. The first-order chi connectivity index (χ1) is 8.51. The van der Waals surface area contributed by atoms with Crippen molar-refractivity contribution < 1.29 is 19.4 Å². The lowest BCUT2D eigenvalue weighted by molar-refractivity contribution is -0.150. The van der Waals surface area contributed by atoms with Gasteiger partial charge in [0.1, 0.15) is 11.2 Å². The van der Waals surface area contributed by atoms with Crippen LogP contribution in [-0.4, -0.2) is 24.0 Å². The molecule has 0 bridgehead atoms. The third-order valence-electron chi connectivity index (χ3n) is 3.46. The first-order valence-electron chi connectivity index (χ1n) is 5.63. The standard InChI is InChI=1S/C13H13BrO4/c1-18-10-4-3-8(14)7-9(10)11(15)13(12(16)17)5-2-6-13/h3-4,7H,2,5-6H2,1H3,(H,16,17). The highest BCUT2D eigenvalue weighted by atomic mass is 79.9. The Morgan fingerprint density at radius 2 is 2.06 bits per heavy atom. The first-order valence-corrected chi connectivity index (χ1v) is 6.42. The molecule has 0 aliphatic heterocycles. The number of benzene rings is 1. The summed E-state index contributed by atoms with van der Waals surface area (Å²) in [4.78, 5) is 23.8. The van der Waals surface area contributed by atoms with E-state index in [1.165, 1.54) is 7.11 Å². The van der Waals surface area contributed by atoms with Crippen molar-refractivity contribution in [3.05, 3.63) is 28.2 Å². The molecular weight excluding hydrogens is 300 g/mol. The number of hydrogen-bond acceptors (Lipinski definition) is 3. The van der Waals surface area contributed by atoms with Gasteiger partial charge in [0.25, 0.3) is 0 Å². The molecule has 1 aliphatic rings. The van der Waals surface area contributed by atoms with Gasteiger partial charge in [-0.25, -0.2) is 0 Å². The van der Waals surface area contributed by atoms with Crippen molar-refractivity contribution in [2.45, 2.75) is 19.3 Å². The number of hydrogen-bond donors (Lipinski definition) is 1. The first kappa shape index (κ1) is 13.1. The zero-order valence-corrected chi connectivity index (χ0v) is 11.5. The van der Waals surface area contributed by atoms with Crippen molar-refractivity contribution in [3.8, 4) is 5.75 Å². The van der Waals surface area contributed by atoms with Crippen molar-refractivity contribution in [3.63, 3.8) is 0 Å². The fraction of sp³-hybridized carbons (Fsp3) is 0.385. The number of carbonyl (C=O) groups is 2. The number of methoxy groups -OCH3 is 1. The summed E-state index contributed by atoms with van der Waals surface area (Å²) < 4.78 is 5.86. The predicted molar refractivity (Wildman–Crippen MR) is 68.9 cm³/mol. The van der Waals surface area contributed by atoms with Gasteiger partial charge in [0.2, 0.25) is 0 Å². The summed E-state index contributed by atoms with van der Waals surface area (Å²) in [6, 6.07) is 5.03. The molecule has 0 heterocycles. The molecule has 0 spiro atoms. The second-order valence-electron chi connectivity index (χ2n) is 4.41. The molecule has 4 nitrogen and oxygen atoms in total. The second kappa shape index (κ2) is 4.72. The van der Waals surface area contributed by atoms with Gasteiger partial charge >= 0.3 is 5.97 Å². The summed E-state index contributed by atoms with van der Waals surface area (Å²) in [5.74, 6) is -0.990. The lowest BCUT2D eigenvalue weighted by Crippen LogP contribution is -2.45. The van der Waals surface area contributed by atoms with Crippen LogP contribution >= 0.6 is 15.9 Å². The predicted octanol–water partition coefficient (Wildman–Crippen LogP) is 2.90. The van der Waals surface area contributed by atoms with Crippen molar-refractivity contribution in [1.29, 1.82) is 0 Å². The normalized spacial score (nSPS) is 16.8. The molecule has 1 aliphatic carbocycles. The van der Waals surface area contributed by atoms with Crippen molar-refractivity contribution >= 4 is 27.7 Å². The van der Waals surface area contributed by atoms with Crippen LogP contribution in [-0.2, 0) is 4.79 Å². The fourth-order valence-corrected chi connectivity index (χ4v) is 2.54. The summed E-state index contributed by atoms with van der Waals surface area (Å²) in [5.41, 5.74) is -0.928. The summed E-state index contributed by atoms with van der Waals surface area (Å²) in [6.07, 6.45) is 1.57. The van der Waals surface area contributed by atoms with Crippen molar-refractivity contribution in [2.24, 2.45) is 5.41 Å².